The van der Waals surface area contributed by atoms with Crippen LogP contribution in [0.1, 0.15) is 12.5 Å². The number of rotatable bonds is 5. The average molecular weight is 379 g/mol. The minimum Gasteiger partial charge on any atom is -0.431 e. The van der Waals surface area contributed by atoms with Gasteiger partial charge in [0.2, 0.25) is 5.91 Å². The molecular formula is C21H21N3O2S. The number of carbonyl (C=O) groups excluding carboxylic acids is 1. The van der Waals surface area contributed by atoms with Crippen LogP contribution in [0.25, 0.3) is 10.2 Å². The molecule has 1 N–H and O–H groups in total. The Balaban J connectivity index is 1.17. The minimum absolute atomic E-state index is 0.0877. The van der Waals surface area contributed by atoms with Gasteiger partial charge in [-0.15, -0.1) is 0 Å². The molecule has 1 saturated carbocycles. The molecule has 0 radical (unpaired) electrons. The monoisotopic (exact) mass is 379 g/mol. The van der Waals surface area contributed by atoms with Crippen LogP contribution in [0, 0.1) is 11.8 Å². The summed E-state index contributed by atoms with van der Waals surface area (Å²) >= 11 is 1.56. The van der Waals surface area contributed by atoms with Crippen LogP contribution < -0.4 is 10.1 Å². The second-order valence-corrected chi connectivity index (χ2v) is 8.43. The van der Waals surface area contributed by atoms with Crippen LogP contribution in [0.2, 0.25) is 0 Å². The zero-order valence-corrected chi connectivity index (χ0v) is 15.9. The number of nitrogens with zero attached hydrogens (tertiary/aromatic N) is 2. The first kappa shape index (κ1) is 16.7. The summed E-state index contributed by atoms with van der Waals surface area (Å²) in [6, 6.07) is 16.7. The van der Waals surface area contributed by atoms with Gasteiger partial charge in [0.15, 0.2) is 0 Å². The Bertz CT molecular complexity index is 940. The lowest BCUT2D eigenvalue weighted by Gasteiger charge is -2.19. The molecule has 2 aliphatic rings. The van der Waals surface area contributed by atoms with Crippen molar-refractivity contribution >= 4 is 27.5 Å². The number of benzene rings is 2. The predicted molar refractivity (Wildman–Crippen MR) is 106 cm³/mol. The number of thiazole rings is 1. The number of likely N-dealkylation sites (tertiary alicyclic amines) is 1. The lowest BCUT2D eigenvalue weighted by atomic mass is 10.2. The molecule has 1 saturated heterocycles. The summed E-state index contributed by atoms with van der Waals surface area (Å²) in [6.07, 6.45) is 0. The quantitative estimate of drug-likeness (QED) is 0.735. The molecule has 0 bridgehead atoms. The van der Waals surface area contributed by atoms with Crippen molar-refractivity contribution in [2.45, 2.75) is 19.5 Å². The summed E-state index contributed by atoms with van der Waals surface area (Å²) in [7, 11) is 0. The van der Waals surface area contributed by atoms with E-state index in [1.54, 1.807) is 18.3 Å². The van der Waals surface area contributed by atoms with Gasteiger partial charge in [-0.25, -0.2) is 4.98 Å². The molecular weight excluding hydrogens is 358 g/mol. The topological polar surface area (TPSA) is 54.5 Å². The molecule has 3 aromatic rings. The Kier molecular flexibility index (Phi) is 4.10. The Hall–Kier alpha value is -2.44. The molecule has 1 aliphatic heterocycles. The highest BCUT2D eigenvalue weighted by molar-refractivity contribution is 7.20. The van der Waals surface area contributed by atoms with Crippen LogP contribution in [0.4, 0.5) is 0 Å². The lowest BCUT2D eigenvalue weighted by molar-refractivity contribution is -0.119. The second-order valence-electron chi connectivity index (χ2n) is 7.44. The lowest BCUT2D eigenvalue weighted by Crippen LogP contribution is -2.33. The van der Waals surface area contributed by atoms with Crippen LogP contribution in [-0.4, -0.2) is 34.9 Å². The number of piperidine rings is 1. The zero-order chi connectivity index (χ0) is 18.4. The third-order valence-electron chi connectivity index (χ3n) is 5.45. The molecule has 6 heteroatoms. The Labute approximate surface area is 162 Å². The molecule has 2 aromatic carbocycles. The number of hydrogen-bond donors (Lipinski definition) is 1. The number of ether oxygens (including phenoxy) is 1. The molecule has 1 aliphatic carbocycles. The highest BCUT2D eigenvalue weighted by atomic mass is 32.1. The van der Waals surface area contributed by atoms with Gasteiger partial charge < -0.3 is 10.1 Å². The van der Waals surface area contributed by atoms with Crippen LogP contribution in [0.15, 0.2) is 48.5 Å². The standard InChI is InChI=1S/C21H21N3O2S/c1-13(25)22-20-16-11-24(12-17(16)20)10-14-6-8-15(9-7-14)26-21-23-18-4-2-3-5-19(18)27-21/h2-9,16-17,20H,10-12H2,1H3,(H,22,25)/t16-,17?,20?/m1/s1. The van der Waals surface area contributed by atoms with Gasteiger partial charge in [0, 0.05) is 32.6 Å². The van der Waals surface area contributed by atoms with Gasteiger partial charge in [0.1, 0.15) is 5.75 Å². The Morgan fingerprint density at radius 1 is 1.19 bits per heavy atom. The first-order chi connectivity index (χ1) is 13.2. The number of fused-ring (bicyclic) bond motifs is 2. The number of aromatic nitrogens is 1. The molecule has 138 valence electrons. The average Bonchev–Trinajstić information content (AvgIpc) is 3.01. The van der Waals surface area contributed by atoms with E-state index in [4.69, 9.17) is 4.74 Å². The van der Waals surface area contributed by atoms with Gasteiger partial charge in [-0.1, -0.05) is 35.6 Å². The van der Waals surface area contributed by atoms with Gasteiger partial charge in [0.25, 0.3) is 5.19 Å². The predicted octanol–water partition coefficient (Wildman–Crippen LogP) is 3.65. The number of nitrogens with one attached hydrogen (secondary N) is 1. The van der Waals surface area contributed by atoms with Crippen molar-refractivity contribution in [1.82, 2.24) is 15.2 Å². The van der Waals surface area contributed by atoms with Crippen LogP contribution in [0.5, 0.6) is 10.9 Å². The maximum atomic E-state index is 11.2. The molecule has 5 nitrogen and oxygen atoms in total. The van der Waals surface area contributed by atoms with Crippen molar-refractivity contribution in [1.29, 1.82) is 0 Å². The van der Waals surface area contributed by atoms with Crippen molar-refractivity contribution in [2.75, 3.05) is 13.1 Å². The van der Waals surface area contributed by atoms with E-state index in [1.165, 1.54) is 5.56 Å². The zero-order valence-electron chi connectivity index (χ0n) is 15.1. The van der Waals surface area contributed by atoms with Crippen LogP contribution in [0.3, 0.4) is 0 Å². The van der Waals surface area contributed by atoms with Crippen molar-refractivity contribution in [3.8, 4) is 10.9 Å². The molecule has 5 rings (SSSR count). The summed E-state index contributed by atoms with van der Waals surface area (Å²) < 4.78 is 7.05. The highest BCUT2D eigenvalue weighted by Gasteiger charge is 2.55. The van der Waals surface area contributed by atoms with E-state index in [9.17, 15) is 4.79 Å². The van der Waals surface area contributed by atoms with Crippen molar-refractivity contribution in [3.05, 3.63) is 54.1 Å². The van der Waals surface area contributed by atoms with Crippen molar-refractivity contribution in [2.24, 2.45) is 11.8 Å². The first-order valence-electron chi connectivity index (χ1n) is 9.27. The van der Waals surface area contributed by atoms with E-state index in [-0.39, 0.29) is 5.91 Å². The fourth-order valence-corrected chi connectivity index (χ4v) is 4.94. The minimum atomic E-state index is 0.0877. The van der Waals surface area contributed by atoms with Crippen LogP contribution in [-0.2, 0) is 11.3 Å². The maximum absolute atomic E-state index is 11.2. The number of para-hydroxylation sites is 1. The van der Waals surface area contributed by atoms with Gasteiger partial charge in [0.05, 0.1) is 10.2 Å². The van der Waals surface area contributed by atoms with E-state index in [1.807, 2.05) is 30.3 Å². The van der Waals surface area contributed by atoms with E-state index in [0.717, 1.165) is 35.6 Å². The molecule has 0 spiro atoms. The van der Waals surface area contributed by atoms with Crippen LogP contribution >= 0.6 is 11.3 Å². The molecule has 2 fully saturated rings. The first-order valence-corrected chi connectivity index (χ1v) is 10.1. The summed E-state index contributed by atoms with van der Waals surface area (Å²) in [4.78, 5) is 18.2. The third kappa shape index (κ3) is 3.42. The Morgan fingerprint density at radius 3 is 2.63 bits per heavy atom. The SMILES string of the molecule is CC(=O)NC1C2CN(Cc3ccc(Oc4nc5ccccc5s4)cc3)C[C@H]21. The fourth-order valence-electron chi connectivity index (χ4n) is 4.11. The van der Waals surface area contributed by atoms with Gasteiger partial charge in [-0.3, -0.25) is 9.69 Å². The molecule has 1 aromatic heterocycles. The van der Waals surface area contributed by atoms with E-state index >= 15 is 0 Å². The summed E-state index contributed by atoms with van der Waals surface area (Å²) in [5.74, 6) is 2.17. The summed E-state index contributed by atoms with van der Waals surface area (Å²) in [6.45, 7) is 4.68. The van der Waals surface area contributed by atoms with E-state index < -0.39 is 0 Å². The van der Waals surface area contributed by atoms with Crippen molar-refractivity contribution < 1.29 is 9.53 Å². The smallest absolute Gasteiger partial charge is 0.279 e. The number of hydrogen-bond acceptors (Lipinski definition) is 5. The third-order valence-corrected chi connectivity index (χ3v) is 6.36. The van der Waals surface area contributed by atoms with Gasteiger partial charge >= 0.3 is 0 Å². The summed E-state index contributed by atoms with van der Waals surface area (Å²) in [5, 5.41) is 3.73. The normalized spacial score (nSPS) is 24.0. The molecule has 1 amide bonds. The van der Waals surface area contributed by atoms with Gasteiger partial charge in [-0.2, -0.15) is 0 Å². The fraction of sp³-hybridized carbons (Fsp3) is 0.333. The second kappa shape index (κ2) is 6.62. The summed E-state index contributed by atoms with van der Waals surface area (Å²) in [5.41, 5.74) is 2.25. The molecule has 3 atom stereocenters. The Morgan fingerprint density at radius 2 is 1.93 bits per heavy atom. The highest BCUT2D eigenvalue weighted by Crippen LogP contribution is 2.45. The molecule has 2 unspecified atom stereocenters. The maximum Gasteiger partial charge on any atom is 0.279 e. The number of amides is 1. The number of carbonyl (C=O) groups is 1. The molecule has 2 heterocycles. The molecule has 27 heavy (non-hydrogen) atoms. The van der Waals surface area contributed by atoms with Crippen molar-refractivity contribution in [3.63, 3.8) is 0 Å². The largest absolute Gasteiger partial charge is 0.431 e. The van der Waals surface area contributed by atoms with E-state index in [0.29, 0.717) is 23.1 Å². The van der Waals surface area contributed by atoms with Gasteiger partial charge in [-0.05, 0) is 41.7 Å². The van der Waals surface area contributed by atoms with E-state index in [2.05, 4.69) is 33.4 Å².